The molecule has 2 aromatic rings. The highest BCUT2D eigenvalue weighted by molar-refractivity contribution is 7.89. The van der Waals surface area contributed by atoms with Gasteiger partial charge in [0, 0.05) is 25.3 Å². The molecular formula is C21H27N3O3S. The molecule has 150 valence electrons. The van der Waals surface area contributed by atoms with Gasteiger partial charge in [0.05, 0.1) is 11.4 Å². The molecule has 2 aromatic carbocycles. The molecule has 0 spiro atoms. The van der Waals surface area contributed by atoms with Crippen LogP contribution in [0.25, 0.3) is 0 Å². The van der Waals surface area contributed by atoms with Crippen molar-refractivity contribution >= 4 is 21.6 Å². The number of likely N-dealkylation sites (N-methyl/N-ethyl adjacent to an activating group) is 1. The predicted octanol–water partition coefficient (Wildman–Crippen LogP) is 2.93. The molecule has 0 bridgehead atoms. The fourth-order valence-corrected chi connectivity index (χ4v) is 4.83. The summed E-state index contributed by atoms with van der Waals surface area (Å²) in [5.41, 5.74) is 1.76. The zero-order chi connectivity index (χ0) is 20.0. The summed E-state index contributed by atoms with van der Waals surface area (Å²) in [5, 5.41) is 2.85. The summed E-state index contributed by atoms with van der Waals surface area (Å²) in [5.74, 6) is -0.118. The van der Waals surface area contributed by atoms with Crippen LogP contribution in [0, 0.1) is 0 Å². The van der Waals surface area contributed by atoms with Crippen molar-refractivity contribution in [1.82, 2.24) is 9.21 Å². The van der Waals surface area contributed by atoms with Gasteiger partial charge in [0.15, 0.2) is 0 Å². The van der Waals surface area contributed by atoms with Gasteiger partial charge < -0.3 is 5.32 Å². The van der Waals surface area contributed by atoms with E-state index >= 15 is 0 Å². The maximum atomic E-state index is 12.6. The van der Waals surface area contributed by atoms with E-state index in [9.17, 15) is 13.2 Å². The maximum Gasteiger partial charge on any atom is 0.243 e. The second kappa shape index (κ2) is 9.32. The minimum atomic E-state index is -3.43. The smallest absolute Gasteiger partial charge is 0.243 e. The molecule has 0 aromatic heterocycles. The van der Waals surface area contributed by atoms with Crippen LogP contribution in [0.2, 0.25) is 0 Å². The molecule has 0 radical (unpaired) electrons. The van der Waals surface area contributed by atoms with E-state index in [0.29, 0.717) is 25.3 Å². The molecule has 0 atom stereocenters. The lowest BCUT2D eigenvalue weighted by molar-refractivity contribution is -0.117. The molecule has 1 saturated heterocycles. The number of carbonyl (C=O) groups excluding carboxylic acids is 1. The number of amides is 1. The standard InChI is InChI=1S/C21H27N3O3S/c1-2-23(16-18-8-4-3-5-9-18)17-21(25)22-19-10-12-20(13-11-19)28(26,27)24-14-6-7-15-24/h3-5,8-13H,2,6-7,14-17H2,1H3,(H,22,25). The third-order valence-electron chi connectivity index (χ3n) is 4.90. The van der Waals surface area contributed by atoms with Gasteiger partial charge in [-0.05, 0) is 49.2 Å². The van der Waals surface area contributed by atoms with Gasteiger partial charge in [-0.3, -0.25) is 9.69 Å². The third kappa shape index (κ3) is 5.19. The summed E-state index contributed by atoms with van der Waals surface area (Å²) >= 11 is 0. The van der Waals surface area contributed by atoms with Crippen LogP contribution in [0.1, 0.15) is 25.3 Å². The van der Waals surface area contributed by atoms with Gasteiger partial charge in [-0.15, -0.1) is 0 Å². The number of carbonyl (C=O) groups is 1. The molecule has 1 aliphatic heterocycles. The highest BCUT2D eigenvalue weighted by Crippen LogP contribution is 2.22. The van der Waals surface area contributed by atoms with Crippen LogP contribution < -0.4 is 5.32 Å². The topological polar surface area (TPSA) is 69.7 Å². The lowest BCUT2D eigenvalue weighted by Crippen LogP contribution is -2.32. The SMILES string of the molecule is CCN(CC(=O)Nc1ccc(S(=O)(=O)N2CCCC2)cc1)Cc1ccccc1. The first kappa shape index (κ1) is 20.5. The molecule has 1 fully saturated rings. The van der Waals surface area contributed by atoms with Crippen molar-refractivity contribution in [2.45, 2.75) is 31.2 Å². The summed E-state index contributed by atoms with van der Waals surface area (Å²) < 4.78 is 26.6. The summed E-state index contributed by atoms with van der Waals surface area (Å²) in [7, 11) is -3.43. The van der Waals surface area contributed by atoms with Crippen LogP contribution in [-0.2, 0) is 21.4 Å². The Morgan fingerprint density at radius 1 is 1.04 bits per heavy atom. The monoisotopic (exact) mass is 401 g/mol. The predicted molar refractivity (Wildman–Crippen MR) is 110 cm³/mol. The van der Waals surface area contributed by atoms with Crippen LogP contribution in [0.15, 0.2) is 59.5 Å². The molecule has 3 rings (SSSR count). The number of hydrogen-bond donors (Lipinski definition) is 1. The van der Waals surface area contributed by atoms with Gasteiger partial charge in [-0.1, -0.05) is 37.3 Å². The molecule has 0 unspecified atom stereocenters. The molecule has 28 heavy (non-hydrogen) atoms. The Hall–Kier alpha value is -2.22. The van der Waals surface area contributed by atoms with E-state index in [1.807, 2.05) is 37.3 Å². The first-order valence-corrected chi connectivity index (χ1v) is 11.1. The van der Waals surface area contributed by atoms with Crippen LogP contribution >= 0.6 is 0 Å². The summed E-state index contributed by atoms with van der Waals surface area (Å²) in [6.07, 6.45) is 1.81. The first-order valence-electron chi connectivity index (χ1n) is 9.65. The molecule has 1 N–H and O–H groups in total. The molecule has 1 aliphatic rings. The van der Waals surface area contributed by atoms with Crippen molar-refractivity contribution in [2.24, 2.45) is 0 Å². The number of hydrogen-bond acceptors (Lipinski definition) is 4. The highest BCUT2D eigenvalue weighted by atomic mass is 32.2. The lowest BCUT2D eigenvalue weighted by atomic mass is 10.2. The van der Waals surface area contributed by atoms with Crippen LogP contribution in [0.3, 0.4) is 0 Å². The maximum absolute atomic E-state index is 12.6. The van der Waals surface area contributed by atoms with E-state index < -0.39 is 10.0 Å². The molecule has 1 amide bonds. The molecule has 0 aliphatic carbocycles. The normalized spacial score (nSPS) is 15.1. The summed E-state index contributed by atoms with van der Waals surface area (Å²) in [4.78, 5) is 14.7. The van der Waals surface area contributed by atoms with Crippen molar-refractivity contribution in [1.29, 1.82) is 0 Å². The molecule has 1 heterocycles. The number of benzene rings is 2. The molecule has 6 nitrogen and oxygen atoms in total. The second-order valence-electron chi connectivity index (χ2n) is 6.97. The minimum absolute atomic E-state index is 0.118. The molecule has 7 heteroatoms. The van der Waals surface area contributed by atoms with E-state index in [1.165, 1.54) is 4.31 Å². The van der Waals surface area contributed by atoms with Crippen molar-refractivity contribution in [3.05, 3.63) is 60.2 Å². The number of nitrogens with zero attached hydrogens (tertiary/aromatic N) is 2. The first-order chi connectivity index (χ1) is 13.5. The Kier molecular flexibility index (Phi) is 6.83. The molecular weight excluding hydrogens is 374 g/mol. The molecule has 0 saturated carbocycles. The Morgan fingerprint density at radius 2 is 1.68 bits per heavy atom. The van der Waals surface area contributed by atoms with Crippen LogP contribution in [0.5, 0.6) is 0 Å². The zero-order valence-corrected chi connectivity index (χ0v) is 17.0. The fraction of sp³-hybridized carbons (Fsp3) is 0.381. The quantitative estimate of drug-likeness (QED) is 0.738. The van der Waals surface area contributed by atoms with Crippen molar-refractivity contribution in [3.8, 4) is 0 Å². The van der Waals surface area contributed by atoms with Gasteiger partial charge in [-0.2, -0.15) is 4.31 Å². The number of nitrogens with one attached hydrogen (secondary N) is 1. The van der Waals surface area contributed by atoms with Crippen LogP contribution in [-0.4, -0.2) is 49.7 Å². The number of anilines is 1. The van der Waals surface area contributed by atoms with Gasteiger partial charge in [-0.25, -0.2) is 8.42 Å². The Labute approximate surface area is 167 Å². The second-order valence-corrected chi connectivity index (χ2v) is 8.91. The van der Waals surface area contributed by atoms with E-state index in [0.717, 1.165) is 24.9 Å². The number of sulfonamides is 1. The zero-order valence-electron chi connectivity index (χ0n) is 16.2. The van der Waals surface area contributed by atoms with E-state index in [1.54, 1.807) is 24.3 Å². The average molecular weight is 402 g/mol. The number of rotatable bonds is 8. The Morgan fingerprint density at radius 3 is 2.29 bits per heavy atom. The van der Waals surface area contributed by atoms with Gasteiger partial charge in [0.2, 0.25) is 15.9 Å². The summed E-state index contributed by atoms with van der Waals surface area (Å²) in [6, 6.07) is 16.4. The van der Waals surface area contributed by atoms with Gasteiger partial charge >= 0.3 is 0 Å². The Bertz CT molecular complexity index is 877. The largest absolute Gasteiger partial charge is 0.325 e. The third-order valence-corrected chi connectivity index (χ3v) is 6.82. The van der Waals surface area contributed by atoms with Gasteiger partial charge in [0.1, 0.15) is 0 Å². The fourth-order valence-electron chi connectivity index (χ4n) is 3.31. The average Bonchev–Trinajstić information content (AvgIpc) is 3.24. The Balaban J connectivity index is 1.58. The lowest BCUT2D eigenvalue weighted by Gasteiger charge is -2.20. The van der Waals surface area contributed by atoms with Gasteiger partial charge in [0.25, 0.3) is 0 Å². The van der Waals surface area contributed by atoms with E-state index in [-0.39, 0.29) is 17.3 Å². The van der Waals surface area contributed by atoms with E-state index in [2.05, 4.69) is 10.2 Å². The summed E-state index contributed by atoms with van der Waals surface area (Å²) in [6.45, 7) is 4.92. The van der Waals surface area contributed by atoms with Crippen molar-refractivity contribution in [3.63, 3.8) is 0 Å². The van der Waals surface area contributed by atoms with Crippen molar-refractivity contribution < 1.29 is 13.2 Å². The van der Waals surface area contributed by atoms with Crippen molar-refractivity contribution in [2.75, 3.05) is 31.5 Å². The minimum Gasteiger partial charge on any atom is -0.325 e. The highest BCUT2D eigenvalue weighted by Gasteiger charge is 2.26. The van der Waals surface area contributed by atoms with Crippen LogP contribution in [0.4, 0.5) is 5.69 Å². The van der Waals surface area contributed by atoms with E-state index in [4.69, 9.17) is 0 Å².